The van der Waals surface area contributed by atoms with Gasteiger partial charge in [-0.2, -0.15) is 0 Å². The fourth-order valence-electron chi connectivity index (χ4n) is 5.22. The Bertz CT molecular complexity index is 963. The van der Waals surface area contributed by atoms with Crippen LogP contribution in [0.25, 0.3) is 0 Å². The first-order chi connectivity index (χ1) is 15.3. The molecule has 3 N–H and O–H groups in total. The van der Waals surface area contributed by atoms with Crippen LogP contribution < -0.4 is 11.1 Å². The lowest BCUT2D eigenvalue weighted by atomic mass is 9.74. The van der Waals surface area contributed by atoms with Crippen LogP contribution in [-0.4, -0.2) is 41.4 Å². The molecular formula is C27H36ClN3O2. The van der Waals surface area contributed by atoms with E-state index in [9.17, 15) is 9.59 Å². The quantitative estimate of drug-likeness (QED) is 0.676. The highest BCUT2D eigenvalue weighted by molar-refractivity contribution is 5.91. The zero-order valence-electron chi connectivity index (χ0n) is 19.7. The molecule has 2 aromatic rings. The highest BCUT2D eigenvalue weighted by Gasteiger charge is 2.42. The molecule has 4 rings (SSSR count). The number of carbonyl (C=O) groups excluding carboxylic acids is 2. The van der Waals surface area contributed by atoms with E-state index < -0.39 is 11.6 Å². The van der Waals surface area contributed by atoms with E-state index in [-0.39, 0.29) is 29.6 Å². The lowest BCUT2D eigenvalue weighted by molar-refractivity contribution is -0.139. The summed E-state index contributed by atoms with van der Waals surface area (Å²) in [6.07, 6.45) is 5.56. The van der Waals surface area contributed by atoms with E-state index in [2.05, 4.69) is 41.7 Å². The van der Waals surface area contributed by atoms with Crippen molar-refractivity contribution in [2.45, 2.75) is 69.4 Å². The summed E-state index contributed by atoms with van der Waals surface area (Å²) in [7, 11) is 0. The second kappa shape index (κ2) is 10.3. The molecule has 178 valence electrons. The molecule has 0 saturated carbocycles. The third kappa shape index (κ3) is 5.59. The van der Waals surface area contributed by atoms with Crippen molar-refractivity contribution in [3.63, 3.8) is 0 Å². The highest BCUT2D eigenvalue weighted by Crippen LogP contribution is 2.46. The van der Waals surface area contributed by atoms with Crippen molar-refractivity contribution in [1.82, 2.24) is 10.2 Å². The molecule has 0 unspecified atom stereocenters. The Morgan fingerprint density at radius 2 is 1.67 bits per heavy atom. The number of nitrogens with two attached hydrogens (primary N) is 1. The Morgan fingerprint density at radius 1 is 1.03 bits per heavy atom. The summed E-state index contributed by atoms with van der Waals surface area (Å²) in [6.45, 7) is 4.81. The van der Waals surface area contributed by atoms with Crippen LogP contribution in [-0.2, 0) is 27.8 Å². The maximum Gasteiger partial charge on any atom is 0.245 e. The number of benzene rings is 2. The number of fused-ring (bicyclic) bond motifs is 2. The van der Waals surface area contributed by atoms with Gasteiger partial charge in [0.1, 0.15) is 6.04 Å². The van der Waals surface area contributed by atoms with Gasteiger partial charge in [0.15, 0.2) is 0 Å². The van der Waals surface area contributed by atoms with Crippen molar-refractivity contribution in [3.05, 3.63) is 71.3 Å². The summed E-state index contributed by atoms with van der Waals surface area (Å²) in [4.78, 5) is 28.1. The maximum absolute atomic E-state index is 13.5. The fourth-order valence-corrected chi connectivity index (χ4v) is 5.22. The number of rotatable bonds is 6. The van der Waals surface area contributed by atoms with Gasteiger partial charge in [0.05, 0.1) is 5.54 Å². The van der Waals surface area contributed by atoms with Crippen LogP contribution in [0, 0.1) is 0 Å². The van der Waals surface area contributed by atoms with E-state index in [1.807, 2.05) is 23.1 Å². The molecule has 2 aliphatic rings. The van der Waals surface area contributed by atoms with Crippen molar-refractivity contribution in [2.24, 2.45) is 5.73 Å². The Kier molecular flexibility index (Phi) is 7.86. The molecule has 0 bridgehead atoms. The minimum Gasteiger partial charge on any atom is -0.343 e. The predicted octanol–water partition coefficient (Wildman–Crippen LogP) is 3.77. The molecule has 0 aromatic heterocycles. The minimum atomic E-state index is -1.02. The van der Waals surface area contributed by atoms with E-state index in [1.54, 1.807) is 13.8 Å². The van der Waals surface area contributed by atoms with Gasteiger partial charge in [-0.1, -0.05) is 54.6 Å². The van der Waals surface area contributed by atoms with Crippen molar-refractivity contribution in [3.8, 4) is 0 Å². The number of carbonyl (C=O) groups is 2. The zero-order chi connectivity index (χ0) is 22.8. The molecule has 1 fully saturated rings. The van der Waals surface area contributed by atoms with Crippen molar-refractivity contribution in [2.75, 3.05) is 13.1 Å². The van der Waals surface area contributed by atoms with E-state index in [0.29, 0.717) is 6.42 Å². The topological polar surface area (TPSA) is 75.4 Å². The van der Waals surface area contributed by atoms with Crippen molar-refractivity contribution >= 4 is 24.2 Å². The predicted molar refractivity (Wildman–Crippen MR) is 134 cm³/mol. The molecule has 33 heavy (non-hydrogen) atoms. The zero-order valence-corrected chi connectivity index (χ0v) is 20.5. The summed E-state index contributed by atoms with van der Waals surface area (Å²) in [5.41, 5.74) is 9.28. The highest BCUT2D eigenvalue weighted by atomic mass is 35.5. The third-order valence-corrected chi connectivity index (χ3v) is 7.25. The summed E-state index contributed by atoms with van der Waals surface area (Å²) in [5.74, 6) is -0.276. The number of amides is 2. The normalized spacial score (nSPS) is 17.7. The van der Waals surface area contributed by atoms with Gasteiger partial charge in [-0.3, -0.25) is 9.59 Å². The van der Waals surface area contributed by atoms with E-state index in [0.717, 1.165) is 44.3 Å². The molecule has 1 aliphatic heterocycles. The molecular weight excluding hydrogens is 434 g/mol. The average Bonchev–Trinajstić information content (AvgIpc) is 3.15. The average molecular weight is 470 g/mol. The van der Waals surface area contributed by atoms with Gasteiger partial charge >= 0.3 is 0 Å². The van der Waals surface area contributed by atoms with Crippen molar-refractivity contribution < 1.29 is 9.59 Å². The van der Waals surface area contributed by atoms with Crippen LogP contribution in [0.4, 0.5) is 0 Å². The van der Waals surface area contributed by atoms with Crippen LogP contribution in [0.1, 0.15) is 56.2 Å². The van der Waals surface area contributed by atoms with E-state index in [1.165, 1.54) is 17.5 Å². The van der Waals surface area contributed by atoms with Gasteiger partial charge in [0.25, 0.3) is 0 Å². The number of aryl methyl sites for hydroxylation is 2. The second-order valence-electron chi connectivity index (χ2n) is 10.0. The molecule has 1 spiro atoms. The molecule has 1 atom stereocenters. The Labute approximate surface area is 203 Å². The first kappa shape index (κ1) is 25.3. The molecule has 1 aliphatic carbocycles. The summed E-state index contributed by atoms with van der Waals surface area (Å²) >= 11 is 0. The summed E-state index contributed by atoms with van der Waals surface area (Å²) in [6, 6.07) is 18.3. The molecule has 1 heterocycles. The Balaban J connectivity index is 0.00000306. The van der Waals surface area contributed by atoms with Crippen LogP contribution >= 0.6 is 12.4 Å². The van der Waals surface area contributed by atoms with Gasteiger partial charge in [0.2, 0.25) is 11.8 Å². The third-order valence-electron chi connectivity index (χ3n) is 7.25. The number of likely N-dealkylation sites (tertiary alicyclic amines) is 1. The maximum atomic E-state index is 13.5. The largest absolute Gasteiger partial charge is 0.343 e. The lowest BCUT2D eigenvalue weighted by Crippen LogP contribution is -2.57. The van der Waals surface area contributed by atoms with Crippen LogP contribution in [0.2, 0.25) is 0 Å². The molecule has 6 heteroatoms. The number of piperidine rings is 1. The molecule has 1 saturated heterocycles. The van der Waals surface area contributed by atoms with Crippen LogP contribution in [0.15, 0.2) is 54.6 Å². The Morgan fingerprint density at radius 3 is 2.33 bits per heavy atom. The summed E-state index contributed by atoms with van der Waals surface area (Å²) < 4.78 is 0. The van der Waals surface area contributed by atoms with Gasteiger partial charge in [-0.15, -0.1) is 12.4 Å². The van der Waals surface area contributed by atoms with E-state index >= 15 is 0 Å². The first-order valence-electron chi connectivity index (χ1n) is 11.8. The number of nitrogens with one attached hydrogen (secondary N) is 1. The minimum absolute atomic E-state index is 0. The second-order valence-corrected chi connectivity index (χ2v) is 10.0. The van der Waals surface area contributed by atoms with Crippen molar-refractivity contribution in [1.29, 1.82) is 0 Å². The standard InChI is InChI=1S/C27H35N3O2.ClH/c1-26(2,28)25(32)29-23(13-12-20-8-4-3-5-9-20)24(31)30-18-16-27(17-19-30)15-14-21-10-6-7-11-22(21)27;/h3-11,23H,12-19,28H2,1-2H3,(H,29,32);1H/t23-;/m1./s1. The number of nitrogens with zero attached hydrogens (tertiary/aromatic N) is 1. The number of halogens is 1. The monoisotopic (exact) mass is 469 g/mol. The van der Waals surface area contributed by atoms with Gasteiger partial charge in [0, 0.05) is 13.1 Å². The van der Waals surface area contributed by atoms with E-state index in [4.69, 9.17) is 5.73 Å². The Hall–Kier alpha value is -2.37. The molecule has 2 aromatic carbocycles. The number of hydrogen-bond acceptors (Lipinski definition) is 3. The fraction of sp³-hybridized carbons (Fsp3) is 0.481. The van der Waals surface area contributed by atoms with Crippen LogP contribution in [0.3, 0.4) is 0 Å². The smallest absolute Gasteiger partial charge is 0.245 e. The van der Waals surface area contributed by atoms with Crippen LogP contribution in [0.5, 0.6) is 0 Å². The van der Waals surface area contributed by atoms with Gasteiger partial charge in [-0.25, -0.2) is 0 Å². The summed E-state index contributed by atoms with van der Waals surface area (Å²) in [5, 5.41) is 2.95. The SMILES string of the molecule is CC(C)(N)C(=O)N[C@H](CCc1ccccc1)C(=O)N1CCC2(CCc3ccccc32)CC1.Cl. The lowest BCUT2D eigenvalue weighted by Gasteiger charge is -2.41. The molecule has 0 radical (unpaired) electrons. The number of hydrogen-bond donors (Lipinski definition) is 2. The van der Waals surface area contributed by atoms with Gasteiger partial charge < -0.3 is 16.0 Å². The molecule has 5 nitrogen and oxygen atoms in total. The molecule has 2 amide bonds. The first-order valence-corrected chi connectivity index (χ1v) is 11.8. The van der Waals surface area contributed by atoms with Gasteiger partial charge in [-0.05, 0) is 74.5 Å².